The highest BCUT2D eigenvalue weighted by Gasteiger charge is 2.35. The van der Waals surface area contributed by atoms with Crippen molar-refractivity contribution in [3.05, 3.63) is 53.5 Å². The van der Waals surface area contributed by atoms with E-state index < -0.39 is 12.1 Å². The van der Waals surface area contributed by atoms with Crippen molar-refractivity contribution in [2.24, 2.45) is 10.9 Å². The molecule has 0 aliphatic carbocycles. The van der Waals surface area contributed by atoms with Crippen LogP contribution in [0.5, 0.6) is 0 Å². The monoisotopic (exact) mass is 295 g/mol. The zero-order chi connectivity index (χ0) is 15.5. The summed E-state index contributed by atoms with van der Waals surface area (Å²) in [6.45, 7) is 3.14. The number of hydrogen-bond acceptors (Lipinski definition) is 3. The Hall–Kier alpha value is -2.11. The maximum Gasteiger partial charge on any atom is 0.394 e. The largest absolute Gasteiger partial charge is 0.394 e. The molecule has 1 aliphatic rings. The molecule has 0 spiro atoms. The third-order valence-corrected chi connectivity index (χ3v) is 3.20. The number of aromatic nitrogens is 1. The van der Waals surface area contributed by atoms with Crippen LogP contribution in [-0.2, 0) is 0 Å². The Morgan fingerprint density at radius 2 is 2.14 bits per heavy atom. The smallest absolute Gasteiger partial charge is 0.340 e. The average Bonchev–Trinajstić information content (AvgIpc) is 2.47. The van der Waals surface area contributed by atoms with Crippen LogP contribution in [-0.4, -0.2) is 23.5 Å². The predicted molar refractivity (Wildman–Crippen MR) is 75.8 cm³/mol. The number of hydrogen-bond donors (Lipinski definition) is 1. The zero-order valence-electron chi connectivity index (χ0n) is 11.8. The standard InChI is InChI=1S/C15H16F3N3/c1-3-13-12(7-10(2)15(16,17)18)9-20-14(21-13)11-5-4-6-19-8-11/h3-8,10H,9H2,1-2H3,(H,20,21)/b12-7-,13-3+. The van der Waals surface area contributed by atoms with Gasteiger partial charge in [0.1, 0.15) is 5.84 Å². The minimum Gasteiger partial charge on any atom is -0.340 e. The van der Waals surface area contributed by atoms with Gasteiger partial charge in [-0.2, -0.15) is 13.2 Å². The SMILES string of the molecule is C/C=C1/NC(c2cccnc2)=NC/C1=C/C(C)C(F)(F)F. The summed E-state index contributed by atoms with van der Waals surface area (Å²) >= 11 is 0. The van der Waals surface area contributed by atoms with Gasteiger partial charge in [0.05, 0.1) is 12.5 Å². The maximum atomic E-state index is 12.6. The van der Waals surface area contributed by atoms with E-state index in [0.717, 1.165) is 12.5 Å². The van der Waals surface area contributed by atoms with Crippen LogP contribution < -0.4 is 5.32 Å². The number of aliphatic imine (C=N–C) groups is 1. The normalized spacial score (nSPS) is 21.1. The molecule has 0 radical (unpaired) electrons. The molecular weight excluding hydrogens is 279 g/mol. The van der Waals surface area contributed by atoms with Crippen molar-refractivity contribution < 1.29 is 13.2 Å². The summed E-state index contributed by atoms with van der Waals surface area (Å²) < 4.78 is 37.9. The molecule has 6 heteroatoms. The number of halogens is 3. The molecular formula is C15H16F3N3. The van der Waals surface area contributed by atoms with Gasteiger partial charge in [0.2, 0.25) is 0 Å². The molecule has 1 aromatic heterocycles. The van der Waals surface area contributed by atoms with Crippen LogP contribution in [0.15, 0.2) is 52.9 Å². The van der Waals surface area contributed by atoms with E-state index >= 15 is 0 Å². The molecule has 3 nitrogen and oxygen atoms in total. The minimum atomic E-state index is -4.24. The van der Waals surface area contributed by atoms with Crippen molar-refractivity contribution >= 4 is 5.84 Å². The molecule has 112 valence electrons. The van der Waals surface area contributed by atoms with Crippen LogP contribution in [0.2, 0.25) is 0 Å². The Kier molecular flexibility index (Phi) is 4.45. The van der Waals surface area contributed by atoms with Crippen LogP contribution in [0.3, 0.4) is 0 Å². The summed E-state index contributed by atoms with van der Waals surface area (Å²) in [5, 5.41) is 3.06. The van der Waals surface area contributed by atoms with Crippen molar-refractivity contribution in [3.8, 4) is 0 Å². The molecule has 0 fully saturated rings. The minimum absolute atomic E-state index is 0.220. The lowest BCUT2D eigenvalue weighted by molar-refractivity contribution is -0.156. The molecule has 1 atom stereocenters. The molecule has 0 saturated heterocycles. The van der Waals surface area contributed by atoms with Crippen molar-refractivity contribution in [2.45, 2.75) is 20.0 Å². The fourth-order valence-electron chi connectivity index (χ4n) is 1.96. The quantitative estimate of drug-likeness (QED) is 0.907. The van der Waals surface area contributed by atoms with E-state index in [0.29, 0.717) is 17.1 Å². The summed E-state index contributed by atoms with van der Waals surface area (Å²) in [5.74, 6) is -0.882. The summed E-state index contributed by atoms with van der Waals surface area (Å²) in [6.07, 6.45) is 2.04. The van der Waals surface area contributed by atoms with Gasteiger partial charge in [0.15, 0.2) is 0 Å². The molecule has 1 aliphatic heterocycles. The fourth-order valence-corrected chi connectivity index (χ4v) is 1.96. The molecule has 2 rings (SSSR count). The Bertz CT molecular complexity index is 586. The van der Waals surface area contributed by atoms with E-state index in [1.807, 2.05) is 6.07 Å². The number of nitrogens with one attached hydrogen (secondary N) is 1. The Morgan fingerprint density at radius 1 is 1.38 bits per heavy atom. The predicted octanol–water partition coefficient (Wildman–Crippen LogP) is 3.46. The van der Waals surface area contributed by atoms with Gasteiger partial charge in [-0.3, -0.25) is 9.98 Å². The van der Waals surface area contributed by atoms with E-state index in [1.165, 1.54) is 6.08 Å². The van der Waals surface area contributed by atoms with Gasteiger partial charge in [-0.1, -0.05) is 19.1 Å². The highest BCUT2D eigenvalue weighted by molar-refractivity contribution is 6.00. The third-order valence-electron chi connectivity index (χ3n) is 3.20. The van der Waals surface area contributed by atoms with Crippen molar-refractivity contribution in [1.82, 2.24) is 10.3 Å². The molecule has 0 saturated carbocycles. The Balaban J connectivity index is 2.26. The van der Waals surface area contributed by atoms with Gasteiger partial charge in [0, 0.05) is 23.7 Å². The van der Waals surface area contributed by atoms with Crippen LogP contribution in [0.4, 0.5) is 13.2 Å². The molecule has 1 unspecified atom stereocenters. The van der Waals surface area contributed by atoms with Gasteiger partial charge >= 0.3 is 6.18 Å². The number of alkyl halides is 3. The molecule has 21 heavy (non-hydrogen) atoms. The Labute approximate surface area is 121 Å². The average molecular weight is 295 g/mol. The summed E-state index contributed by atoms with van der Waals surface area (Å²) in [7, 11) is 0. The van der Waals surface area contributed by atoms with Gasteiger partial charge in [-0.05, 0) is 24.6 Å². The maximum absolute atomic E-state index is 12.6. The Morgan fingerprint density at radius 3 is 2.71 bits per heavy atom. The number of amidine groups is 1. The van der Waals surface area contributed by atoms with Crippen LogP contribution >= 0.6 is 0 Å². The summed E-state index contributed by atoms with van der Waals surface area (Å²) in [5.41, 5.74) is 2.01. The zero-order valence-corrected chi connectivity index (χ0v) is 11.8. The first-order chi connectivity index (χ1) is 9.91. The van der Waals surface area contributed by atoms with E-state index in [4.69, 9.17) is 0 Å². The number of pyridine rings is 1. The van der Waals surface area contributed by atoms with Crippen LogP contribution in [0.1, 0.15) is 19.4 Å². The first-order valence-electron chi connectivity index (χ1n) is 6.57. The second-order valence-electron chi connectivity index (χ2n) is 4.76. The lowest BCUT2D eigenvalue weighted by Gasteiger charge is -2.22. The van der Waals surface area contributed by atoms with E-state index in [-0.39, 0.29) is 6.54 Å². The molecule has 1 N–H and O–H groups in total. The first-order valence-corrected chi connectivity index (χ1v) is 6.57. The molecule has 1 aromatic rings. The van der Waals surface area contributed by atoms with Crippen LogP contribution in [0.25, 0.3) is 0 Å². The topological polar surface area (TPSA) is 37.3 Å². The number of rotatable bonds is 2. The highest BCUT2D eigenvalue weighted by atomic mass is 19.4. The van der Waals surface area contributed by atoms with E-state index in [9.17, 15) is 13.2 Å². The van der Waals surface area contributed by atoms with E-state index in [2.05, 4.69) is 15.3 Å². The molecule has 2 heterocycles. The summed E-state index contributed by atoms with van der Waals surface area (Å²) in [4.78, 5) is 8.31. The fraction of sp³-hybridized carbons (Fsp3) is 0.333. The van der Waals surface area contributed by atoms with Crippen LogP contribution in [0, 0.1) is 5.92 Å². The van der Waals surface area contributed by atoms with Gasteiger partial charge in [-0.15, -0.1) is 0 Å². The summed E-state index contributed by atoms with van der Waals surface area (Å²) in [6, 6.07) is 3.63. The second-order valence-corrected chi connectivity index (χ2v) is 4.76. The van der Waals surface area contributed by atoms with Gasteiger partial charge in [-0.25, -0.2) is 0 Å². The number of nitrogens with zero attached hydrogens (tertiary/aromatic N) is 2. The van der Waals surface area contributed by atoms with Crippen molar-refractivity contribution in [1.29, 1.82) is 0 Å². The van der Waals surface area contributed by atoms with Gasteiger partial charge in [0.25, 0.3) is 0 Å². The van der Waals surface area contributed by atoms with Crippen molar-refractivity contribution in [3.63, 3.8) is 0 Å². The molecule has 0 bridgehead atoms. The molecule has 0 amide bonds. The highest BCUT2D eigenvalue weighted by Crippen LogP contribution is 2.29. The molecule has 0 aromatic carbocycles. The van der Waals surface area contributed by atoms with Crippen molar-refractivity contribution in [2.75, 3.05) is 6.54 Å². The third kappa shape index (κ3) is 3.71. The second kappa shape index (κ2) is 6.11. The number of allylic oxidation sites excluding steroid dienone is 2. The lowest BCUT2D eigenvalue weighted by atomic mass is 10.0. The first kappa shape index (κ1) is 15.3. The lowest BCUT2D eigenvalue weighted by Crippen LogP contribution is -2.31. The van der Waals surface area contributed by atoms with Gasteiger partial charge < -0.3 is 5.32 Å². The van der Waals surface area contributed by atoms with E-state index in [1.54, 1.807) is 31.5 Å².